The molecule has 2 aliphatic rings. The third-order valence-corrected chi connectivity index (χ3v) is 8.92. The van der Waals surface area contributed by atoms with Crippen LogP contribution in [-0.2, 0) is 71.4 Å². The van der Waals surface area contributed by atoms with Crippen LogP contribution in [0.4, 0.5) is 0 Å². The molecule has 0 aromatic heterocycles. The van der Waals surface area contributed by atoms with E-state index in [2.05, 4.69) is 0 Å². The zero-order chi connectivity index (χ0) is 44.8. The smallest absolute Gasteiger partial charge is 0.306 e. The van der Waals surface area contributed by atoms with E-state index in [0.29, 0.717) is 0 Å². The lowest BCUT2D eigenvalue weighted by atomic mass is 9.97. The number of ether oxygens (including phenoxy) is 9. The number of esters is 6. The molecule has 17 nitrogen and oxygen atoms in total. The molecule has 2 fully saturated rings. The van der Waals surface area contributed by atoms with Crippen molar-refractivity contribution in [1.29, 1.82) is 0 Å². The summed E-state index contributed by atoms with van der Waals surface area (Å²) in [6.07, 6.45) is -13.7. The van der Waals surface area contributed by atoms with Crippen LogP contribution in [0.25, 0.3) is 0 Å². The van der Waals surface area contributed by atoms with Crippen molar-refractivity contribution in [2.45, 2.75) is 176 Å². The van der Waals surface area contributed by atoms with Gasteiger partial charge in [-0.2, -0.15) is 0 Å². The molecular formula is C42H70O17. The normalized spacial score (nSPS) is 27.1. The Morgan fingerprint density at radius 1 is 0.525 bits per heavy atom. The van der Waals surface area contributed by atoms with Crippen LogP contribution in [0.3, 0.4) is 0 Å². The Bertz CT molecular complexity index is 1380. The van der Waals surface area contributed by atoms with E-state index in [0.717, 1.165) is 0 Å². The molecule has 0 amide bonds. The molecule has 0 unspecified atom stereocenters. The maximum Gasteiger partial charge on any atom is 0.306 e. The number of carbonyl (C=O) groups excluding carboxylic acids is 6. The fourth-order valence-corrected chi connectivity index (χ4v) is 6.36. The topological polar surface area (TPSA) is 226 Å². The van der Waals surface area contributed by atoms with E-state index < -0.39 is 110 Å². The summed E-state index contributed by atoms with van der Waals surface area (Å²) < 4.78 is 54.0. The van der Waals surface area contributed by atoms with E-state index in [4.69, 9.17) is 42.6 Å². The van der Waals surface area contributed by atoms with Crippen LogP contribution in [0.15, 0.2) is 0 Å². The van der Waals surface area contributed by atoms with Crippen molar-refractivity contribution in [3.8, 4) is 0 Å². The molecule has 0 bridgehead atoms. The van der Waals surface area contributed by atoms with E-state index >= 15 is 0 Å². The van der Waals surface area contributed by atoms with E-state index in [9.17, 15) is 39.0 Å². The number of aliphatic hydroxyl groups excluding tert-OH is 2. The van der Waals surface area contributed by atoms with Gasteiger partial charge in [-0.15, -0.1) is 0 Å². The van der Waals surface area contributed by atoms with E-state index in [1.54, 1.807) is 69.2 Å². The molecule has 9 atom stereocenters. The van der Waals surface area contributed by atoms with Crippen LogP contribution >= 0.6 is 0 Å². The molecule has 0 aromatic carbocycles. The van der Waals surface area contributed by atoms with Gasteiger partial charge in [0.05, 0.1) is 6.61 Å². The molecule has 2 saturated heterocycles. The van der Waals surface area contributed by atoms with Crippen molar-refractivity contribution in [3.05, 3.63) is 0 Å². The van der Waals surface area contributed by atoms with Crippen molar-refractivity contribution in [2.75, 3.05) is 19.8 Å². The molecule has 59 heavy (non-hydrogen) atoms. The molecule has 2 N–H and O–H groups in total. The van der Waals surface area contributed by atoms with E-state index in [1.165, 1.54) is 0 Å². The van der Waals surface area contributed by atoms with Gasteiger partial charge < -0.3 is 52.8 Å². The molecule has 2 rings (SSSR count). The third kappa shape index (κ3) is 17.3. The van der Waals surface area contributed by atoms with Gasteiger partial charge in [0.25, 0.3) is 0 Å². The zero-order valence-corrected chi connectivity index (χ0v) is 37.0. The predicted molar refractivity (Wildman–Crippen MR) is 209 cm³/mol. The van der Waals surface area contributed by atoms with Gasteiger partial charge in [0.1, 0.15) is 31.5 Å². The highest BCUT2D eigenvalue weighted by atomic mass is 16.8. The first kappa shape index (κ1) is 51.8. The fourth-order valence-electron chi connectivity index (χ4n) is 6.36. The Hall–Kier alpha value is -3.38. The molecule has 2 heterocycles. The zero-order valence-electron chi connectivity index (χ0n) is 37.0. The maximum absolute atomic E-state index is 13.6. The SMILES string of the molecule is CC(C)CC(=O)OC[C@H]1O[C@@](COC(=O)CC(C)C)(O[C@H]2O[C@H](CO)[C@@H](O)[C@H](OC(=O)CC(C)C)[C@H]2OC(=O)CC(C)C)[C@@H](OC(=O)CC(C)C)[C@@H]1OC(=O)CC(C)C. The number of carbonyl (C=O) groups is 6. The van der Waals surface area contributed by atoms with Crippen LogP contribution in [0.1, 0.15) is 122 Å². The van der Waals surface area contributed by atoms with Crippen LogP contribution in [-0.4, -0.2) is 121 Å². The van der Waals surface area contributed by atoms with Crippen molar-refractivity contribution in [2.24, 2.45) is 35.5 Å². The van der Waals surface area contributed by atoms with Crippen LogP contribution in [0, 0.1) is 35.5 Å². The number of hydrogen-bond donors (Lipinski definition) is 2. The predicted octanol–water partition coefficient (Wildman–Crippen LogP) is 4.19. The highest BCUT2D eigenvalue weighted by molar-refractivity contribution is 5.72. The first-order valence-corrected chi connectivity index (χ1v) is 20.9. The average molecular weight is 847 g/mol. The minimum Gasteiger partial charge on any atom is -0.463 e. The monoisotopic (exact) mass is 846 g/mol. The first-order valence-electron chi connectivity index (χ1n) is 20.9. The molecule has 0 spiro atoms. The summed E-state index contributed by atoms with van der Waals surface area (Å²) in [7, 11) is 0. The lowest BCUT2D eigenvalue weighted by molar-refractivity contribution is -0.384. The van der Waals surface area contributed by atoms with Gasteiger partial charge in [-0.3, -0.25) is 28.8 Å². The van der Waals surface area contributed by atoms with Gasteiger partial charge in [0, 0.05) is 38.5 Å². The molecule has 0 radical (unpaired) electrons. The number of rotatable bonds is 23. The standard InChI is InChI=1S/C42H70O17/c1-22(2)13-30(44)51-20-29-37(54-32(46)15-24(5)6)40(57-35(49)18-27(11)12)42(58-29,21-52-31(45)14-23(3)4)59-41-39(56-34(48)17-26(9)10)38(36(50)28(19-43)53-41)55-33(47)16-25(7)8/h22-29,36-41,43,50H,13-21H2,1-12H3/t28-,29-,36-,37-,38+,39-,40+,41-,42+/m1/s1. The summed E-state index contributed by atoms with van der Waals surface area (Å²) in [5.74, 6) is -7.82. The van der Waals surface area contributed by atoms with E-state index in [1.807, 2.05) is 13.8 Å². The van der Waals surface area contributed by atoms with Gasteiger partial charge >= 0.3 is 35.8 Å². The second kappa shape index (κ2) is 24.2. The second-order valence-corrected chi connectivity index (χ2v) is 18.0. The van der Waals surface area contributed by atoms with Gasteiger partial charge in [0.15, 0.2) is 24.4 Å². The summed E-state index contributed by atoms with van der Waals surface area (Å²) in [6.45, 7) is 19.2. The van der Waals surface area contributed by atoms with Crippen LogP contribution in [0.2, 0.25) is 0 Å². The molecule has 0 aromatic rings. The molecular weight excluding hydrogens is 776 g/mol. The van der Waals surface area contributed by atoms with Crippen LogP contribution < -0.4 is 0 Å². The minimum atomic E-state index is -2.47. The Morgan fingerprint density at radius 3 is 1.36 bits per heavy atom. The van der Waals surface area contributed by atoms with Gasteiger partial charge in [-0.1, -0.05) is 83.1 Å². The Morgan fingerprint density at radius 2 is 0.915 bits per heavy atom. The molecule has 0 aliphatic carbocycles. The van der Waals surface area contributed by atoms with Crippen molar-refractivity contribution >= 4 is 35.8 Å². The molecule has 17 heteroatoms. The Labute approximate surface area is 348 Å². The van der Waals surface area contributed by atoms with Crippen LogP contribution in [0.5, 0.6) is 0 Å². The summed E-state index contributed by atoms with van der Waals surface area (Å²) in [5, 5.41) is 21.8. The lowest BCUT2D eigenvalue weighted by Crippen LogP contribution is -2.65. The quantitative estimate of drug-likeness (QED) is 0.109. The fraction of sp³-hybridized carbons (Fsp3) is 0.857. The van der Waals surface area contributed by atoms with Crippen molar-refractivity contribution in [3.63, 3.8) is 0 Å². The molecule has 340 valence electrons. The Kier molecular flexibility index (Phi) is 21.2. The molecule has 0 saturated carbocycles. The number of hydrogen-bond acceptors (Lipinski definition) is 17. The summed E-state index contributed by atoms with van der Waals surface area (Å²) in [5.41, 5.74) is 0. The second-order valence-electron chi connectivity index (χ2n) is 18.0. The Balaban J connectivity index is 2.90. The highest BCUT2D eigenvalue weighted by Gasteiger charge is 2.65. The third-order valence-electron chi connectivity index (χ3n) is 8.92. The van der Waals surface area contributed by atoms with Gasteiger partial charge in [-0.05, 0) is 35.5 Å². The highest BCUT2D eigenvalue weighted by Crippen LogP contribution is 2.42. The first-order chi connectivity index (χ1) is 27.5. The summed E-state index contributed by atoms with van der Waals surface area (Å²) in [4.78, 5) is 79.5. The van der Waals surface area contributed by atoms with Gasteiger partial charge in [0.2, 0.25) is 12.1 Å². The largest absolute Gasteiger partial charge is 0.463 e. The summed E-state index contributed by atoms with van der Waals surface area (Å²) >= 11 is 0. The summed E-state index contributed by atoms with van der Waals surface area (Å²) in [6, 6.07) is 0. The average Bonchev–Trinajstić information content (AvgIpc) is 3.34. The number of aliphatic hydroxyl groups is 2. The lowest BCUT2D eigenvalue weighted by Gasteiger charge is -2.46. The minimum absolute atomic E-state index is 0.0346. The molecule has 2 aliphatic heterocycles. The van der Waals surface area contributed by atoms with Gasteiger partial charge in [-0.25, -0.2) is 0 Å². The van der Waals surface area contributed by atoms with E-state index in [-0.39, 0.29) is 74.0 Å². The maximum atomic E-state index is 13.6. The van der Waals surface area contributed by atoms with Crippen molar-refractivity contribution in [1.82, 2.24) is 0 Å². The van der Waals surface area contributed by atoms with Crippen molar-refractivity contribution < 1.29 is 81.6 Å².